The molecule has 206 valence electrons. The molecule has 0 radical (unpaired) electrons. The number of aryl methyl sites for hydroxylation is 1. The van der Waals surface area contributed by atoms with E-state index in [-0.39, 0.29) is 65.5 Å². The van der Waals surface area contributed by atoms with E-state index in [4.69, 9.17) is 28.5 Å². The Morgan fingerprint density at radius 3 is 2.39 bits per heavy atom. The van der Waals surface area contributed by atoms with E-state index < -0.39 is 23.6 Å². The zero-order chi connectivity index (χ0) is 28.1. The number of hydrogen-bond donors (Lipinski definition) is 5. The molecule has 1 aliphatic carbocycles. The monoisotopic (exact) mass is 775 g/mol. The fourth-order valence-corrected chi connectivity index (χ4v) is 3.29. The van der Waals surface area contributed by atoms with Gasteiger partial charge < -0.3 is 32.8 Å². The number of nitrogens with two attached hydrogens (primary N) is 2. The van der Waals surface area contributed by atoms with E-state index in [1.165, 1.54) is 19.2 Å². The molecule has 0 heterocycles. The Balaban J connectivity index is 0.00000154. The Labute approximate surface area is 249 Å². The average molecular weight is 776 g/mol. The second-order valence-corrected chi connectivity index (χ2v) is 7.85. The van der Waals surface area contributed by atoms with Gasteiger partial charge in [-0.25, -0.2) is 4.39 Å². The number of carbonyl (C=O) groups is 2. The minimum Gasteiger partial charge on any atom is -0.409 e. The van der Waals surface area contributed by atoms with Crippen LogP contribution in [0.15, 0.2) is 41.4 Å². The molecule has 7 N–H and O–H groups in total. The molecular weight excluding hydrogens is 744 g/mol. The van der Waals surface area contributed by atoms with Crippen molar-refractivity contribution in [3.63, 3.8) is 0 Å². The molecule has 0 aliphatic heterocycles. The van der Waals surface area contributed by atoms with Gasteiger partial charge in [-0.2, -0.15) is 4.48 Å². The molecule has 0 saturated carbocycles. The van der Waals surface area contributed by atoms with E-state index in [0.29, 0.717) is 12.8 Å². The van der Waals surface area contributed by atoms with E-state index in [1.54, 1.807) is 6.07 Å². The van der Waals surface area contributed by atoms with Gasteiger partial charge in [-0.1, -0.05) is 43.6 Å². The van der Waals surface area contributed by atoms with Crippen molar-refractivity contribution < 1.29 is 49.6 Å². The first kappa shape index (κ1) is 35.1. The van der Waals surface area contributed by atoms with E-state index >= 15 is 0 Å². The van der Waals surface area contributed by atoms with Gasteiger partial charge in [-0.05, 0) is 54.8 Å². The Morgan fingerprint density at radius 1 is 1.21 bits per heavy atom. The molecule has 1 aliphatic rings. The maximum atomic E-state index is 13.5. The predicted octanol–water partition coefficient (Wildman–Crippen LogP) is 3.76. The summed E-state index contributed by atoms with van der Waals surface area (Å²) >= 11 is 5.60. The van der Waals surface area contributed by atoms with Gasteiger partial charge in [-0.15, -0.1) is 0 Å². The maximum Gasteiger partial charge on any atom is 0.313 e. The third-order valence-corrected chi connectivity index (χ3v) is 5.24. The molecule has 2 aromatic carbocycles. The summed E-state index contributed by atoms with van der Waals surface area (Å²) in [7, 11) is 2.64. The molecule has 0 saturated heterocycles. The minimum absolute atomic E-state index is 0. The zero-order valence-corrected chi connectivity index (χ0v) is 26.5. The van der Waals surface area contributed by atoms with Crippen LogP contribution in [0.1, 0.15) is 43.0 Å². The van der Waals surface area contributed by atoms with Crippen LogP contribution in [0.2, 0.25) is 5.02 Å². The van der Waals surface area contributed by atoms with Crippen LogP contribution >= 0.6 is 11.6 Å². The van der Waals surface area contributed by atoms with Crippen molar-refractivity contribution in [3.8, 4) is 0 Å². The molecule has 1 atom stereocenters. The molecular formula is C24H32ClF2N8O2U-. The molecule has 2 aromatic rings. The van der Waals surface area contributed by atoms with Crippen molar-refractivity contribution in [2.24, 2.45) is 16.5 Å². The molecule has 3 rings (SSSR count). The number of benzene rings is 2. The van der Waals surface area contributed by atoms with Crippen molar-refractivity contribution in [2.45, 2.75) is 39.3 Å². The van der Waals surface area contributed by atoms with Gasteiger partial charge in [0.25, 0.3) is 0 Å². The van der Waals surface area contributed by atoms with Crippen molar-refractivity contribution in [1.82, 2.24) is 10.4 Å². The Hall–Kier alpha value is -2.88. The van der Waals surface area contributed by atoms with Crippen LogP contribution in [0.25, 0.3) is 5.32 Å². The van der Waals surface area contributed by atoms with Gasteiger partial charge in [0.15, 0.2) is 5.96 Å². The number of guanidine groups is 2. The van der Waals surface area contributed by atoms with Crippen LogP contribution in [-0.4, -0.2) is 43.0 Å². The number of aliphatic imine (C=N–C) groups is 1. The molecule has 0 bridgehead atoms. The molecule has 0 fully saturated rings. The summed E-state index contributed by atoms with van der Waals surface area (Å²) < 4.78 is 26.3. The third-order valence-electron chi connectivity index (χ3n) is 4.94. The molecule has 14 heteroatoms. The minimum atomic E-state index is -0.908. The van der Waals surface area contributed by atoms with Gasteiger partial charge in [0, 0.05) is 56.4 Å². The summed E-state index contributed by atoms with van der Waals surface area (Å²) in [6.45, 7) is 4.16. The van der Waals surface area contributed by atoms with Crippen molar-refractivity contribution in [2.75, 3.05) is 19.4 Å². The summed E-state index contributed by atoms with van der Waals surface area (Å²) in [4.78, 5) is 27.7. The maximum absolute atomic E-state index is 13.5. The molecule has 10 nitrogen and oxygen atoms in total. The van der Waals surface area contributed by atoms with Crippen molar-refractivity contribution in [1.29, 1.82) is 5.41 Å². The fourth-order valence-electron chi connectivity index (χ4n) is 3.17. The first-order valence-electron chi connectivity index (χ1n) is 11.3. The fraction of sp³-hybridized carbons (Fsp3) is 0.333. The van der Waals surface area contributed by atoms with E-state index in [0.717, 1.165) is 29.8 Å². The van der Waals surface area contributed by atoms with Gasteiger partial charge in [0.1, 0.15) is 5.82 Å². The zero-order valence-electron chi connectivity index (χ0n) is 21.6. The van der Waals surface area contributed by atoms with Gasteiger partial charge in [0.05, 0.1) is 11.1 Å². The van der Waals surface area contributed by atoms with Crippen LogP contribution in [0.5, 0.6) is 0 Å². The summed E-state index contributed by atoms with van der Waals surface area (Å²) in [6.07, 6.45) is 1.31. The van der Waals surface area contributed by atoms with Crippen LogP contribution < -0.4 is 22.1 Å². The second kappa shape index (κ2) is 17.6. The SMILES string of the molecule is CC.CN(F)C(=N)[N-]Cc1ccc2c(c1)CCC2NC(=O)C(=O)Nc1ccc(Cl)c(F)c1.CN=C(N)N.[U]. The van der Waals surface area contributed by atoms with Gasteiger partial charge >= 0.3 is 11.8 Å². The average Bonchev–Trinajstić information content (AvgIpc) is 3.27. The summed E-state index contributed by atoms with van der Waals surface area (Å²) in [5, 5.41) is 16.3. The summed E-state index contributed by atoms with van der Waals surface area (Å²) in [5.41, 5.74) is 12.5. The van der Waals surface area contributed by atoms with E-state index in [9.17, 15) is 18.5 Å². The largest absolute Gasteiger partial charge is 0.409 e. The number of nitrogens with zero attached hydrogens (tertiary/aromatic N) is 3. The third kappa shape index (κ3) is 11.2. The molecule has 1 unspecified atom stereocenters. The number of anilines is 1. The van der Waals surface area contributed by atoms with Crippen molar-refractivity contribution in [3.05, 3.63) is 69.2 Å². The standard InChI is InChI=1S/C20H20ClF2N5O2.C2H7N3.C2H6.U/c1-28(23)20(24)25-10-11-2-5-14-12(8-11)3-7-17(14)27-19(30)18(29)26-13-4-6-15(21)16(22)9-13;1-5-2(3)4;1-2;/h2,4-6,8-9,17H,3,7,10H2,1H3,(H4,24,25,26,27,29,30);1H3,(H4,3,4,5);1-2H3;/p-1. The second-order valence-electron chi connectivity index (χ2n) is 7.45. The number of amides is 2. The van der Waals surface area contributed by atoms with Crippen LogP contribution in [0, 0.1) is 42.3 Å². The Bertz CT molecular complexity index is 1130. The van der Waals surface area contributed by atoms with Gasteiger partial charge in [-0.3, -0.25) is 19.7 Å². The Kier molecular flexibility index (Phi) is 16.3. The summed E-state index contributed by atoms with van der Waals surface area (Å²) in [5.74, 6) is -2.77. The topological polar surface area (TPSA) is 164 Å². The molecule has 38 heavy (non-hydrogen) atoms. The number of carbonyl (C=O) groups excluding carboxylic acids is 2. The number of halogens is 3. The van der Waals surface area contributed by atoms with E-state index in [2.05, 4.69) is 20.9 Å². The molecule has 2 amide bonds. The quantitative estimate of drug-likeness (QED) is 0.138. The Morgan fingerprint density at radius 2 is 1.84 bits per heavy atom. The normalized spacial score (nSPS) is 12.6. The van der Waals surface area contributed by atoms with Crippen molar-refractivity contribution >= 4 is 41.0 Å². The molecule has 0 spiro atoms. The number of fused-ring (bicyclic) bond motifs is 1. The number of hydrogen-bond acceptors (Lipinski definition) is 4. The van der Waals surface area contributed by atoms with Crippen LogP contribution in [0.4, 0.5) is 14.6 Å². The number of nitrogens with one attached hydrogen (secondary N) is 3. The predicted molar refractivity (Wildman–Crippen MR) is 142 cm³/mol. The van der Waals surface area contributed by atoms with E-state index in [1.807, 2.05) is 26.0 Å². The first-order chi connectivity index (χ1) is 17.5. The molecule has 0 aromatic heterocycles. The van der Waals surface area contributed by atoms with Gasteiger partial charge in [0.2, 0.25) is 0 Å². The smallest absolute Gasteiger partial charge is 0.313 e. The first-order valence-corrected chi connectivity index (χ1v) is 11.7. The van der Waals surface area contributed by atoms with Crippen LogP contribution in [0.3, 0.4) is 0 Å². The number of rotatable bonds is 4. The van der Waals surface area contributed by atoms with Crippen LogP contribution in [-0.2, 0) is 22.6 Å². The summed E-state index contributed by atoms with van der Waals surface area (Å²) in [6, 6.07) is 8.89.